The van der Waals surface area contributed by atoms with E-state index in [1.165, 1.54) is 11.1 Å². The molecule has 29 heavy (non-hydrogen) atoms. The van der Waals surface area contributed by atoms with Crippen molar-refractivity contribution in [2.24, 2.45) is 0 Å². The van der Waals surface area contributed by atoms with Crippen molar-refractivity contribution in [2.45, 2.75) is 19.2 Å². The van der Waals surface area contributed by atoms with Crippen molar-refractivity contribution in [3.05, 3.63) is 95.6 Å². The van der Waals surface area contributed by atoms with Gasteiger partial charge in [-0.1, -0.05) is 78.1 Å². The van der Waals surface area contributed by atoms with Gasteiger partial charge >= 0.3 is 0 Å². The molecule has 0 aliphatic heterocycles. The van der Waals surface area contributed by atoms with Crippen molar-refractivity contribution >= 4 is 44.4 Å². The van der Waals surface area contributed by atoms with Crippen LogP contribution in [0.4, 0.5) is 5.13 Å². The van der Waals surface area contributed by atoms with Gasteiger partial charge < -0.3 is 0 Å². The topological polar surface area (TPSA) is 33.2 Å². The van der Waals surface area contributed by atoms with E-state index in [2.05, 4.69) is 43.3 Å². The van der Waals surface area contributed by atoms with E-state index in [1.807, 2.05) is 47.4 Å². The van der Waals surface area contributed by atoms with Crippen LogP contribution >= 0.6 is 23.1 Å². The van der Waals surface area contributed by atoms with Gasteiger partial charge in [0, 0.05) is 5.75 Å². The second-order valence-electron chi connectivity index (χ2n) is 6.91. The summed E-state index contributed by atoms with van der Waals surface area (Å²) in [6.45, 7) is 2.61. The summed E-state index contributed by atoms with van der Waals surface area (Å²) < 4.78 is 1.11. The number of rotatable bonds is 7. The number of nitrogens with zero attached hydrogens (tertiary/aromatic N) is 2. The summed E-state index contributed by atoms with van der Waals surface area (Å²) in [5, 5.41) is 0.764. The Morgan fingerprint density at radius 1 is 0.966 bits per heavy atom. The number of hydrogen-bond donors (Lipinski definition) is 0. The molecule has 3 aromatic carbocycles. The lowest BCUT2D eigenvalue weighted by atomic mass is 10.2. The number of amides is 1. The maximum Gasteiger partial charge on any atom is 0.239 e. The average molecular weight is 419 g/mol. The van der Waals surface area contributed by atoms with E-state index < -0.39 is 0 Å². The zero-order valence-electron chi connectivity index (χ0n) is 16.2. The van der Waals surface area contributed by atoms with E-state index in [0.29, 0.717) is 12.3 Å². The molecular formula is C24H22N2OS2. The van der Waals surface area contributed by atoms with Gasteiger partial charge in [0.1, 0.15) is 0 Å². The molecule has 0 unspecified atom stereocenters. The molecule has 1 heterocycles. The lowest BCUT2D eigenvalue weighted by Crippen LogP contribution is -2.31. The summed E-state index contributed by atoms with van der Waals surface area (Å²) in [5.41, 5.74) is 4.48. The van der Waals surface area contributed by atoms with Gasteiger partial charge in [-0.25, -0.2) is 4.98 Å². The third-order valence-corrected chi connectivity index (χ3v) is 6.61. The highest BCUT2D eigenvalue weighted by molar-refractivity contribution is 7.99. The van der Waals surface area contributed by atoms with E-state index in [4.69, 9.17) is 4.98 Å². The Kier molecular flexibility index (Phi) is 6.27. The quantitative estimate of drug-likeness (QED) is 0.365. The van der Waals surface area contributed by atoms with E-state index in [0.717, 1.165) is 26.7 Å². The fraction of sp³-hybridized carbons (Fsp3) is 0.167. The predicted octanol–water partition coefficient (Wildman–Crippen LogP) is 6.07. The second-order valence-corrected chi connectivity index (χ2v) is 8.91. The lowest BCUT2D eigenvalue weighted by Gasteiger charge is -2.20. The third-order valence-electron chi connectivity index (χ3n) is 4.59. The minimum absolute atomic E-state index is 0.0885. The summed E-state index contributed by atoms with van der Waals surface area (Å²) >= 11 is 3.22. The minimum atomic E-state index is 0.0885. The summed E-state index contributed by atoms with van der Waals surface area (Å²) in [5.74, 6) is 1.34. The molecule has 0 fully saturated rings. The smallest absolute Gasteiger partial charge is 0.239 e. The molecule has 5 heteroatoms. The Morgan fingerprint density at radius 2 is 1.66 bits per heavy atom. The van der Waals surface area contributed by atoms with Crippen molar-refractivity contribution in [1.29, 1.82) is 0 Å². The van der Waals surface area contributed by atoms with Crippen molar-refractivity contribution in [3.63, 3.8) is 0 Å². The largest absolute Gasteiger partial charge is 0.283 e. The molecule has 0 saturated carbocycles. The standard InChI is InChI=1S/C24H22N2OS2/c1-18-12-13-21-22(14-18)29-24(25-21)26(15-19-8-4-2-5-9-19)23(27)17-28-16-20-10-6-3-7-11-20/h2-14H,15-17H2,1H3. The van der Waals surface area contributed by atoms with Crippen molar-refractivity contribution in [2.75, 3.05) is 10.7 Å². The van der Waals surface area contributed by atoms with Crippen LogP contribution in [0.1, 0.15) is 16.7 Å². The average Bonchev–Trinajstić information content (AvgIpc) is 3.16. The Bertz CT molecular complexity index is 1090. The molecule has 0 bridgehead atoms. The molecule has 146 valence electrons. The highest BCUT2D eigenvalue weighted by Gasteiger charge is 2.20. The van der Waals surface area contributed by atoms with E-state index in [9.17, 15) is 4.79 Å². The first-order valence-corrected chi connectivity index (χ1v) is 11.5. The predicted molar refractivity (Wildman–Crippen MR) is 125 cm³/mol. The summed E-state index contributed by atoms with van der Waals surface area (Å²) in [4.78, 5) is 19.7. The van der Waals surface area contributed by atoms with E-state index in [1.54, 1.807) is 23.1 Å². The highest BCUT2D eigenvalue weighted by Crippen LogP contribution is 2.31. The van der Waals surface area contributed by atoms with Crippen LogP contribution in [0.25, 0.3) is 10.2 Å². The van der Waals surface area contributed by atoms with Gasteiger partial charge in [0.2, 0.25) is 5.91 Å². The molecule has 0 spiro atoms. The minimum Gasteiger partial charge on any atom is -0.283 e. The molecule has 1 aromatic heterocycles. The number of anilines is 1. The first kappa shape index (κ1) is 19.7. The number of carbonyl (C=O) groups is 1. The van der Waals surface area contributed by atoms with Gasteiger partial charge in [0.05, 0.1) is 22.5 Å². The van der Waals surface area contributed by atoms with Crippen LogP contribution in [-0.2, 0) is 17.1 Å². The fourth-order valence-corrected chi connectivity index (χ4v) is 5.01. The van der Waals surface area contributed by atoms with E-state index in [-0.39, 0.29) is 5.91 Å². The Morgan fingerprint density at radius 3 is 2.38 bits per heavy atom. The zero-order valence-corrected chi connectivity index (χ0v) is 17.9. The number of thiazole rings is 1. The van der Waals surface area contributed by atoms with Gasteiger partial charge in [0.25, 0.3) is 0 Å². The third kappa shape index (κ3) is 5.05. The summed E-state index contributed by atoms with van der Waals surface area (Å²) in [7, 11) is 0. The zero-order chi connectivity index (χ0) is 20.1. The van der Waals surface area contributed by atoms with Crippen LogP contribution < -0.4 is 4.90 Å². The molecular weight excluding hydrogens is 396 g/mol. The second kappa shape index (κ2) is 9.25. The maximum atomic E-state index is 13.2. The molecule has 0 N–H and O–H groups in total. The van der Waals surface area contributed by atoms with Crippen LogP contribution in [0.15, 0.2) is 78.9 Å². The van der Waals surface area contributed by atoms with Crippen LogP contribution in [0.2, 0.25) is 0 Å². The number of hydrogen-bond acceptors (Lipinski definition) is 4. The Labute approximate surface area is 179 Å². The van der Waals surface area contributed by atoms with Crippen LogP contribution in [0, 0.1) is 6.92 Å². The molecule has 4 rings (SSSR count). The molecule has 1 amide bonds. The SMILES string of the molecule is Cc1ccc2nc(N(Cc3ccccc3)C(=O)CSCc3ccccc3)sc2c1. The van der Waals surface area contributed by atoms with Gasteiger partial charge in [-0.05, 0) is 35.7 Å². The Balaban J connectivity index is 1.54. The van der Waals surface area contributed by atoms with Crippen LogP contribution in [-0.4, -0.2) is 16.6 Å². The summed E-state index contributed by atoms with van der Waals surface area (Å²) in [6.07, 6.45) is 0. The molecule has 0 aliphatic rings. The fourth-order valence-electron chi connectivity index (χ4n) is 3.07. The molecule has 4 aromatic rings. The van der Waals surface area contributed by atoms with Crippen molar-refractivity contribution < 1.29 is 4.79 Å². The number of fused-ring (bicyclic) bond motifs is 1. The normalized spacial score (nSPS) is 10.9. The number of thioether (sulfide) groups is 1. The van der Waals surface area contributed by atoms with Gasteiger partial charge in [-0.15, -0.1) is 11.8 Å². The first-order chi connectivity index (χ1) is 14.2. The first-order valence-electron chi connectivity index (χ1n) is 9.52. The number of aromatic nitrogens is 1. The van der Waals surface area contributed by atoms with Crippen molar-refractivity contribution in [1.82, 2.24) is 4.98 Å². The van der Waals surface area contributed by atoms with Crippen LogP contribution in [0.3, 0.4) is 0 Å². The maximum absolute atomic E-state index is 13.2. The number of benzene rings is 3. The van der Waals surface area contributed by atoms with Gasteiger partial charge in [0.15, 0.2) is 5.13 Å². The molecule has 0 atom stereocenters. The molecule has 3 nitrogen and oxygen atoms in total. The number of carbonyl (C=O) groups excluding carboxylic acids is 1. The molecule has 0 aliphatic carbocycles. The van der Waals surface area contributed by atoms with Crippen molar-refractivity contribution in [3.8, 4) is 0 Å². The van der Waals surface area contributed by atoms with Crippen LogP contribution in [0.5, 0.6) is 0 Å². The van der Waals surface area contributed by atoms with Gasteiger partial charge in [-0.3, -0.25) is 9.69 Å². The molecule has 0 saturated heterocycles. The molecule has 0 radical (unpaired) electrons. The summed E-state index contributed by atoms with van der Waals surface area (Å²) in [6, 6.07) is 26.6. The Hall–Kier alpha value is -2.63. The lowest BCUT2D eigenvalue weighted by molar-refractivity contribution is -0.116. The number of aryl methyl sites for hydroxylation is 1. The highest BCUT2D eigenvalue weighted by atomic mass is 32.2. The van der Waals surface area contributed by atoms with E-state index >= 15 is 0 Å². The van der Waals surface area contributed by atoms with Gasteiger partial charge in [-0.2, -0.15) is 0 Å². The monoisotopic (exact) mass is 418 g/mol.